The molecule has 0 spiro atoms. The Balaban J connectivity index is 1.75. The highest BCUT2D eigenvalue weighted by atomic mass is 15.2. The van der Waals surface area contributed by atoms with Crippen LogP contribution in [0.4, 0.5) is 0 Å². The molecule has 1 aromatic carbocycles. The lowest BCUT2D eigenvalue weighted by atomic mass is 10.1. The summed E-state index contributed by atoms with van der Waals surface area (Å²) in [6.45, 7) is 10.1. The van der Waals surface area contributed by atoms with Crippen LogP contribution in [0.5, 0.6) is 0 Å². The van der Waals surface area contributed by atoms with E-state index < -0.39 is 0 Å². The van der Waals surface area contributed by atoms with Crippen LogP contribution in [0.2, 0.25) is 0 Å². The first kappa shape index (κ1) is 19.1. The summed E-state index contributed by atoms with van der Waals surface area (Å²) in [4.78, 5) is 6.70. The summed E-state index contributed by atoms with van der Waals surface area (Å²) < 4.78 is 2.15. The highest BCUT2D eigenvalue weighted by molar-refractivity contribution is 5.79. The largest absolute Gasteiger partial charge is 0.355 e. The molecule has 1 heterocycles. The number of aromatic nitrogens is 1. The van der Waals surface area contributed by atoms with Crippen LogP contribution in [0.3, 0.4) is 0 Å². The van der Waals surface area contributed by atoms with Crippen molar-refractivity contribution in [2.45, 2.75) is 33.5 Å². The van der Waals surface area contributed by atoms with Crippen LogP contribution in [0.25, 0.3) is 0 Å². The van der Waals surface area contributed by atoms with Gasteiger partial charge in [-0.15, -0.1) is 0 Å². The molecule has 0 aliphatic carbocycles. The van der Waals surface area contributed by atoms with Gasteiger partial charge in [-0.25, -0.2) is 0 Å². The molecule has 0 atom stereocenters. The van der Waals surface area contributed by atoms with Crippen LogP contribution >= 0.6 is 0 Å². The number of hydrogen-bond acceptors (Lipinski definition) is 2. The van der Waals surface area contributed by atoms with Gasteiger partial charge in [0, 0.05) is 45.6 Å². The van der Waals surface area contributed by atoms with Gasteiger partial charge in [0.2, 0.25) is 0 Å². The van der Waals surface area contributed by atoms with Gasteiger partial charge in [0.25, 0.3) is 0 Å². The maximum absolute atomic E-state index is 4.28. The Morgan fingerprint density at radius 2 is 1.64 bits per heavy atom. The van der Waals surface area contributed by atoms with Crippen LogP contribution in [0.1, 0.15) is 25.0 Å². The number of nitrogens with one attached hydrogen (secondary N) is 2. The molecule has 0 amide bonds. The molecule has 0 saturated carbocycles. The average molecular weight is 342 g/mol. The van der Waals surface area contributed by atoms with E-state index in [1.165, 1.54) is 11.1 Å². The molecule has 0 unspecified atom stereocenters. The number of benzene rings is 1. The third-order valence-corrected chi connectivity index (χ3v) is 4.34. The zero-order valence-electron chi connectivity index (χ0n) is 15.7. The third kappa shape index (κ3) is 6.63. The van der Waals surface area contributed by atoms with Gasteiger partial charge in [-0.3, -0.25) is 9.89 Å². The summed E-state index contributed by atoms with van der Waals surface area (Å²) in [5.41, 5.74) is 2.62. The number of nitrogens with zero attached hydrogens (tertiary/aromatic N) is 3. The minimum Gasteiger partial charge on any atom is -0.355 e. The van der Waals surface area contributed by atoms with Crippen molar-refractivity contribution in [2.75, 3.05) is 26.7 Å². The van der Waals surface area contributed by atoms with E-state index >= 15 is 0 Å². The molecule has 5 nitrogen and oxygen atoms in total. The van der Waals surface area contributed by atoms with Crippen molar-refractivity contribution in [1.82, 2.24) is 20.1 Å². The molecular weight excluding hydrogens is 310 g/mol. The van der Waals surface area contributed by atoms with E-state index in [-0.39, 0.29) is 0 Å². The van der Waals surface area contributed by atoms with Gasteiger partial charge >= 0.3 is 0 Å². The summed E-state index contributed by atoms with van der Waals surface area (Å²) >= 11 is 0. The lowest BCUT2D eigenvalue weighted by Gasteiger charge is -2.18. The SMILES string of the molecule is CCN(CC)Cc1ccc(CNC(=NC)NCCn2cccc2)cc1. The summed E-state index contributed by atoms with van der Waals surface area (Å²) in [5, 5.41) is 6.71. The predicted octanol–water partition coefficient (Wildman–Crippen LogP) is 2.70. The zero-order chi connectivity index (χ0) is 17.9. The highest BCUT2D eigenvalue weighted by Gasteiger charge is 2.02. The normalized spacial score (nSPS) is 11.8. The first-order chi connectivity index (χ1) is 12.2. The monoisotopic (exact) mass is 341 g/mol. The summed E-state index contributed by atoms with van der Waals surface area (Å²) in [5.74, 6) is 0.833. The molecule has 2 N–H and O–H groups in total. The van der Waals surface area contributed by atoms with Crippen LogP contribution in [0, 0.1) is 0 Å². The number of rotatable bonds is 9. The summed E-state index contributed by atoms with van der Waals surface area (Å²) in [7, 11) is 1.80. The Kier molecular flexibility index (Phi) is 8.05. The number of aliphatic imine (C=N–C) groups is 1. The molecule has 1 aromatic heterocycles. The van der Waals surface area contributed by atoms with Gasteiger partial charge in [0.05, 0.1) is 0 Å². The van der Waals surface area contributed by atoms with E-state index in [9.17, 15) is 0 Å². The average Bonchev–Trinajstić information content (AvgIpc) is 3.17. The number of hydrogen-bond donors (Lipinski definition) is 2. The van der Waals surface area contributed by atoms with Crippen molar-refractivity contribution < 1.29 is 0 Å². The van der Waals surface area contributed by atoms with Gasteiger partial charge in [-0.05, 0) is 36.3 Å². The minimum absolute atomic E-state index is 0.773. The molecule has 0 fully saturated rings. The van der Waals surface area contributed by atoms with Crippen molar-refractivity contribution >= 4 is 5.96 Å². The summed E-state index contributed by atoms with van der Waals surface area (Å²) in [6, 6.07) is 12.9. The smallest absolute Gasteiger partial charge is 0.191 e. The number of guanidine groups is 1. The van der Waals surface area contributed by atoms with Crippen LogP contribution in [0.15, 0.2) is 53.8 Å². The topological polar surface area (TPSA) is 44.6 Å². The maximum atomic E-state index is 4.28. The Labute approximate surface area is 151 Å². The van der Waals surface area contributed by atoms with Crippen LogP contribution in [-0.4, -0.2) is 42.1 Å². The molecule has 5 heteroatoms. The van der Waals surface area contributed by atoms with E-state index in [0.717, 1.165) is 45.2 Å². The van der Waals surface area contributed by atoms with E-state index in [0.29, 0.717) is 0 Å². The fraction of sp³-hybridized carbons (Fsp3) is 0.450. The standard InChI is InChI=1S/C20H31N5/c1-4-24(5-2)17-19-10-8-18(9-11-19)16-23-20(21-3)22-12-15-25-13-6-7-14-25/h6-11,13-14H,4-5,12,15-17H2,1-3H3,(H2,21,22,23). The highest BCUT2D eigenvalue weighted by Crippen LogP contribution is 2.07. The van der Waals surface area contributed by atoms with Gasteiger partial charge < -0.3 is 15.2 Å². The van der Waals surface area contributed by atoms with Crippen LogP contribution < -0.4 is 10.6 Å². The molecule has 2 aromatic rings. The Bertz CT molecular complexity index is 612. The second-order valence-electron chi connectivity index (χ2n) is 6.05. The molecule has 0 radical (unpaired) electrons. The molecular formula is C20H31N5. The van der Waals surface area contributed by atoms with Gasteiger partial charge in [-0.2, -0.15) is 0 Å². The van der Waals surface area contributed by atoms with Gasteiger partial charge in [0.1, 0.15) is 0 Å². The van der Waals surface area contributed by atoms with Crippen molar-refractivity contribution in [2.24, 2.45) is 4.99 Å². The van der Waals surface area contributed by atoms with Crippen molar-refractivity contribution in [1.29, 1.82) is 0 Å². The summed E-state index contributed by atoms with van der Waals surface area (Å²) in [6.07, 6.45) is 4.13. The van der Waals surface area contributed by atoms with E-state index in [2.05, 4.69) is 75.6 Å². The molecule has 0 aliphatic rings. The Morgan fingerprint density at radius 1 is 1.00 bits per heavy atom. The van der Waals surface area contributed by atoms with Crippen LogP contribution in [-0.2, 0) is 19.6 Å². The maximum Gasteiger partial charge on any atom is 0.191 e. The second-order valence-corrected chi connectivity index (χ2v) is 6.05. The predicted molar refractivity (Wildman–Crippen MR) is 106 cm³/mol. The molecule has 0 aliphatic heterocycles. The fourth-order valence-corrected chi connectivity index (χ4v) is 2.70. The first-order valence-corrected chi connectivity index (χ1v) is 9.10. The van der Waals surface area contributed by atoms with Crippen molar-refractivity contribution in [3.05, 3.63) is 59.9 Å². The minimum atomic E-state index is 0.773. The zero-order valence-corrected chi connectivity index (χ0v) is 15.7. The molecule has 136 valence electrons. The lowest BCUT2D eigenvalue weighted by Crippen LogP contribution is -2.38. The van der Waals surface area contributed by atoms with E-state index in [1.807, 2.05) is 12.1 Å². The molecule has 25 heavy (non-hydrogen) atoms. The van der Waals surface area contributed by atoms with E-state index in [4.69, 9.17) is 0 Å². The molecule has 2 rings (SSSR count). The Hall–Kier alpha value is -2.27. The van der Waals surface area contributed by atoms with Gasteiger partial charge in [0.15, 0.2) is 5.96 Å². The third-order valence-electron chi connectivity index (χ3n) is 4.34. The molecule has 0 saturated heterocycles. The quantitative estimate of drug-likeness (QED) is 0.544. The molecule has 0 bridgehead atoms. The fourth-order valence-electron chi connectivity index (χ4n) is 2.70. The van der Waals surface area contributed by atoms with Crippen molar-refractivity contribution in [3.63, 3.8) is 0 Å². The second kappa shape index (κ2) is 10.6. The lowest BCUT2D eigenvalue weighted by molar-refractivity contribution is 0.296. The Morgan fingerprint density at radius 3 is 2.24 bits per heavy atom. The van der Waals surface area contributed by atoms with Gasteiger partial charge in [-0.1, -0.05) is 38.1 Å². The van der Waals surface area contributed by atoms with Crippen molar-refractivity contribution in [3.8, 4) is 0 Å². The van der Waals surface area contributed by atoms with E-state index in [1.54, 1.807) is 7.05 Å². The first-order valence-electron chi connectivity index (χ1n) is 9.10.